The first-order valence-corrected chi connectivity index (χ1v) is 7.72. The number of carbonyl (C=O) groups is 2. The van der Waals surface area contributed by atoms with Crippen LogP contribution in [0.3, 0.4) is 0 Å². The molecule has 1 aliphatic rings. The number of nitrogens with zero attached hydrogens (tertiary/aromatic N) is 2. The zero-order valence-electron chi connectivity index (χ0n) is 13.3. The third-order valence-corrected chi connectivity index (χ3v) is 4.00. The highest BCUT2D eigenvalue weighted by molar-refractivity contribution is 6.07. The van der Waals surface area contributed by atoms with Crippen molar-refractivity contribution in [3.05, 3.63) is 23.0 Å². The lowest BCUT2D eigenvalue weighted by atomic mass is 10.0. The van der Waals surface area contributed by atoms with Gasteiger partial charge < -0.3 is 14.9 Å². The third kappa shape index (κ3) is 2.91. The van der Waals surface area contributed by atoms with Crippen molar-refractivity contribution in [2.75, 3.05) is 0 Å². The largest absolute Gasteiger partial charge is 0.480 e. The Morgan fingerprint density at radius 1 is 1.35 bits per heavy atom. The summed E-state index contributed by atoms with van der Waals surface area (Å²) in [5.41, 5.74) is 2.18. The van der Waals surface area contributed by atoms with Gasteiger partial charge in [0, 0.05) is 11.6 Å². The molecule has 2 aromatic rings. The van der Waals surface area contributed by atoms with Crippen molar-refractivity contribution >= 4 is 23.0 Å². The van der Waals surface area contributed by atoms with Gasteiger partial charge in [0.05, 0.1) is 16.6 Å². The van der Waals surface area contributed by atoms with E-state index in [0.717, 1.165) is 18.5 Å². The predicted octanol–water partition coefficient (Wildman–Crippen LogP) is 2.43. The van der Waals surface area contributed by atoms with E-state index < -0.39 is 17.9 Å². The molecule has 1 unspecified atom stereocenters. The molecule has 0 bridgehead atoms. The SMILES string of the molecule is CC(NC(=O)c1cc(C2CC2)nc2onc(C(C)C)c12)C(=O)O. The Morgan fingerprint density at radius 2 is 2.04 bits per heavy atom. The molecule has 2 aromatic heterocycles. The number of hydrogen-bond acceptors (Lipinski definition) is 5. The molecule has 0 aromatic carbocycles. The number of nitrogens with one attached hydrogen (secondary N) is 1. The zero-order valence-corrected chi connectivity index (χ0v) is 13.3. The first-order chi connectivity index (χ1) is 10.9. The average molecular weight is 317 g/mol. The second-order valence-corrected chi connectivity index (χ2v) is 6.31. The summed E-state index contributed by atoms with van der Waals surface area (Å²) in [6, 6.07) is 0.768. The fraction of sp³-hybridized carbons (Fsp3) is 0.500. The van der Waals surface area contributed by atoms with Crippen molar-refractivity contribution in [3.63, 3.8) is 0 Å². The summed E-state index contributed by atoms with van der Waals surface area (Å²) >= 11 is 0. The van der Waals surface area contributed by atoms with Gasteiger partial charge in [-0.15, -0.1) is 0 Å². The molecule has 23 heavy (non-hydrogen) atoms. The summed E-state index contributed by atoms with van der Waals surface area (Å²) in [6.45, 7) is 5.33. The number of aromatic nitrogens is 2. The fourth-order valence-corrected chi connectivity index (χ4v) is 2.49. The molecule has 1 atom stereocenters. The van der Waals surface area contributed by atoms with Gasteiger partial charge in [0.15, 0.2) is 0 Å². The molecule has 3 rings (SSSR count). The molecule has 1 aliphatic carbocycles. The molecule has 1 fully saturated rings. The van der Waals surface area contributed by atoms with E-state index in [1.54, 1.807) is 6.07 Å². The minimum absolute atomic E-state index is 0.0632. The van der Waals surface area contributed by atoms with Crippen LogP contribution in [0, 0.1) is 0 Å². The highest BCUT2D eigenvalue weighted by Crippen LogP contribution is 2.41. The van der Waals surface area contributed by atoms with E-state index in [-0.39, 0.29) is 5.92 Å². The number of carboxylic acid groups (broad SMARTS) is 1. The monoisotopic (exact) mass is 317 g/mol. The number of carbonyl (C=O) groups excluding carboxylic acids is 1. The molecular formula is C16H19N3O4. The highest BCUT2D eigenvalue weighted by Gasteiger charge is 2.30. The summed E-state index contributed by atoms with van der Waals surface area (Å²) < 4.78 is 5.31. The van der Waals surface area contributed by atoms with E-state index >= 15 is 0 Å². The Morgan fingerprint density at radius 3 is 2.61 bits per heavy atom. The van der Waals surface area contributed by atoms with Crippen molar-refractivity contribution in [2.45, 2.75) is 51.5 Å². The first kappa shape index (κ1) is 15.5. The lowest BCUT2D eigenvalue weighted by Gasteiger charge is -2.11. The second-order valence-electron chi connectivity index (χ2n) is 6.31. The van der Waals surface area contributed by atoms with Crippen LogP contribution in [0.4, 0.5) is 0 Å². The van der Waals surface area contributed by atoms with E-state index in [9.17, 15) is 9.59 Å². The predicted molar refractivity (Wildman–Crippen MR) is 82.4 cm³/mol. The minimum atomic E-state index is -1.08. The van der Waals surface area contributed by atoms with Gasteiger partial charge in [-0.1, -0.05) is 19.0 Å². The second kappa shape index (κ2) is 5.64. The van der Waals surface area contributed by atoms with Crippen molar-refractivity contribution in [2.24, 2.45) is 0 Å². The van der Waals surface area contributed by atoms with E-state index in [0.29, 0.717) is 28.3 Å². The molecule has 0 saturated heterocycles. The Hall–Kier alpha value is -2.44. The third-order valence-electron chi connectivity index (χ3n) is 4.00. The number of amides is 1. The van der Waals surface area contributed by atoms with Crippen molar-refractivity contribution < 1.29 is 19.2 Å². The van der Waals surface area contributed by atoms with Crippen LogP contribution in [-0.4, -0.2) is 33.2 Å². The maximum Gasteiger partial charge on any atom is 0.325 e. The van der Waals surface area contributed by atoms with Crippen LogP contribution >= 0.6 is 0 Å². The Bertz CT molecular complexity index is 777. The van der Waals surface area contributed by atoms with Crippen molar-refractivity contribution in [1.29, 1.82) is 0 Å². The van der Waals surface area contributed by atoms with E-state index in [1.807, 2.05) is 13.8 Å². The van der Waals surface area contributed by atoms with Gasteiger partial charge in [-0.2, -0.15) is 0 Å². The van der Waals surface area contributed by atoms with Gasteiger partial charge in [-0.25, -0.2) is 4.98 Å². The standard InChI is InChI=1S/C16H19N3O4/c1-7(2)13-12-10(14(20)17-8(3)16(21)22)6-11(9-4-5-9)18-15(12)23-19-13/h6-9H,4-5H2,1-3H3,(H,17,20)(H,21,22). The van der Waals surface area contributed by atoms with Crippen LogP contribution in [0.15, 0.2) is 10.6 Å². The number of hydrogen-bond donors (Lipinski definition) is 2. The van der Waals surface area contributed by atoms with Crippen molar-refractivity contribution in [3.8, 4) is 0 Å². The fourth-order valence-electron chi connectivity index (χ4n) is 2.49. The molecule has 7 heteroatoms. The van der Waals surface area contributed by atoms with Crippen LogP contribution < -0.4 is 5.32 Å². The molecule has 122 valence electrons. The number of aliphatic carboxylic acids is 1. The van der Waals surface area contributed by atoms with Crippen LogP contribution in [0.1, 0.15) is 67.2 Å². The number of carboxylic acids is 1. The lowest BCUT2D eigenvalue weighted by Crippen LogP contribution is -2.38. The summed E-state index contributed by atoms with van der Waals surface area (Å²) in [5.74, 6) is -1.12. The number of fused-ring (bicyclic) bond motifs is 1. The van der Waals surface area contributed by atoms with E-state index in [2.05, 4.69) is 15.5 Å². The highest BCUT2D eigenvalue weighted by atomic mass is 16.5. The smallest absolute Gasteiger partial charge is 0.325 e. The van der Waals surface area contributed by atoms with Gasteiger partial charge >= 0.3 is 5.97 Å². The van der Waals surface area contributed by atoms with Crippen LogP contribution in [0.2, 0.25) is 0 Å². The van der Waals surface area contributed by atoms with E-state index in [4.69, 9.17) is 9.63 Å². The normalized spacial score (nSPS) is 15.8. The molecule has 2 heterocycles. The van der Waals surface area contributed by atoms with Gasteiger partial charge in [-0.05, 0) is 31.7 Å². The van der Waals surface area contributed by atoms with Crippen LogP contribution in [0.25, 0.3) is 11.1 Å². The molecule has 2 N–H and O–H groups in total. The minimum Gasteiger partial charge on any atom is -0.480 e. The zero-order chi connectivity index (χ0) is 16.7. The van der Waals surface area contributed by atoms with Gasteiger partial charge in [0.1, 0.15) is 6.04 Å². The topological polar surface area (TPSA) is 105 Å². The van der Waals surface area contributed by atoms with Gasteiger partial charge in [0.2, 0.25) is 0 Å². The summed E-state index contributed by atoms with van der Waals surface area (Å²) in [7, 11) is 0. The average Bonchev–Trinajstić information content (AvgIpc) is 3.25. The van der Waals surface area contributed by atoms with Crippen molar-refractivity contribution in [1.82, 2.24) is 15.5 Å². The summed E-state index contributed by atoms with van der Waals surface area (Å²) in [5, 5.41) is 16.1. The Kier molecular flexibility index (Phi) is 3.79. The molecule has 7 nitrogen and oxygen atoms in total. The van der Waals surface area contributed by atoms with Gasteiger partial charge in [-0.3, -0.25) is 9.59 Å². The molecule has 0 spiro atoms. The van der Waals surface area contributed by atoms with Crippen LogP contribution in [0.5, 0.6) is 0 Å². The number of rotatable bonds is 5. The maximum atomic E-state index is 12.6. The molecule has 1 saturated carbocycles. The van der Waals surface area contributed by atoms with Crippen LogP contribution in [-0.2, 0) is 4.79 Å². The molecule has 1 amide bonds. The number of pyridine rings is 1. The molecular weight excluding hydrogens is 298 g/mol. The Balaban J connectivity index is 2.09. The summed E-state index contributed by atoms with van der Waals surface area (Å²) in [6.07, 6.45) is 2.08. The Labute approximate surface area is 133 Å². The van der Waals surface area contributed by atoms with Gasteiger partial charge in [0.25, 0.3) is 11.6 Å². The summed E-state index contributed by atoms with van der Waals surface area (Å²) in [4.78, 5) is 28.0. The quantitative estimate of drug-likeness (QED) is 0.877. The maximum absolute atomic E-state index is 12.6. The molecule has 0 aliphatic heterocycles. The molecule has 0 radical (unpaired) electrons. The first-order valence-electron chi connectivity index (χ1n) is 7.72. The van der Waals surface area contributed by atoms with E-state index in [1.165, 1.54) is 6.92 Å². The lowest BCUT2D eigenvalue weighted by molar-refractivity contribution is -0.138.